The summed E-state index contributed by atoms with van der Waals surface area (Å²) in [6, 6.07) is 3.57. The topological polar surface area (TPSA) is 124 Å². The zero-order valence-electron chi connectivity index (χ0n) is 18.3. The highest BCUT2D eigenvalue weighted by molar-refractivity contribution is 5.78. The molecular weight excluding hydrogens is 427 g/mol. The molecule has 1 fully saturated rings. The molecule has 4 heterocycles. The van der Waals surface area contributed by atoms with Crippen LogP contribution in [0, 0.1) is 30.0 Å². The fourth-order valence-corrected chi connectivity index (χ4v) is 3.99. The monoisotopic (exact) mass is 450 g/mol. The summed E-state index contributed by atoms with van der Waals surface area (Å²) in [5.41, 5.74) is 2.52. The molecule has 10 nitrogen and oxygen atoms in total. The lowest BCUT2D eigenvalue weighted by atomic mass is 9.96. The van der Waals surface area contributed by atoms with Gasteiger partial charge in [-0.2, -0.15) is 10.4 Å². The molecule has 1 aliphatic heterocycles. The molecule has 1 saturated heterocycles. The van der Waals surface area contributed by atoms with Crippen LogP contribution in [0.25, 0.3) is 11.4 Å². The third kappa shape index (κ3) is 4.65. The Morgan fingerprint density at radius 1 is 1.30 bits per heavy atom. The number of hydrogen-bond donors (Lipinski definition) is 1. The van der Waals surface area contributed by atoms with Crippen molar-refractivity contribution in [2.45, 2.75) is 26.3 Å². The number of piperidine rings is 1. The molecule has 1 aliphatic rings. The number of nitriles is 1. The molecule has 0 bridgehead atoms. The summed E-state index contributed by atoms with van der Waals surface area (Å²) in [6.45, 7) is 2.78. The predicted octanol–water partition coefficient (Wildman–Crippen LogP) is 2.23. The van der Waals surface area contributed by atoms with Crippen LogP contribution in [0.2, 0.25) is 0 Å². The van der Waals surface area contributed by atoms with Crippen molar-refractivity contribution in [3.05, 3.63) is 53.4 Å². The first-order chi connectivity index (χ1) is 15.9. The van der Waals surface area contributed by atoms with Crippen molar-refractivity contribution in [2.24, 2.45) is 13.0 Å². The molecule has 170 valence electrons. The molecule has 0 saturated carbocycles. The average Bonchev–Trinajstić information content (AvgIpc) is 3.17. The minimum Gasteiger partial charge on any atom is -0.341 e. The van der Waals surface area contributed by atoms with E-state index in [1.54, 1.807) is 24.0 Å². The first kappa shape index (κ1) is 22.3. The van der Waals surface area contributed by atoms with Crippen LogP contribution in [0.1, 0.15) is 29.5 Å². The van der Waals surface area contributed by atoms with E-state index in [0.29, 0.717) is 53.8 Å². The summed E-state index contributed by atoms with van der Waals surface area (Å²) in [6.07, 6.45) is 6.72. The van der Waals surface area contributed by atoms with Gasteiger partial charge in [0.25, 0.3) is 0 Å². The number of hydrogen-bond acceptors (Lipinski definition) is 8. The van der Waals surface area contributed by atoms with Gasteiger partial charge in [0.2, 0.25) is 11.9 Å². The van der Waals surface area contributed by atoms with Gasteiger partial charge in [0.1, 0.15) is 11.8 Å². The molecule has 1 amide bonds. The number of nitrogens with zero attached hydrogens (tertiary/aromatic N) is 8. The number of hydroxylamine groups is 2. The minimum atomic E-state index is -0.526. The van der Waals surface area contributed by atoms with E-state index < -0.39 is 5.82 Å². The first-order valence-electron chi connectivity index (χ1n) is 10.5. The normalized spacial score (nSPS) is 14.2. The van der Waals surface area contributed by atoms with Crippen LogP contribution in [-0.2, 0) is 18.4 Å². The van der Waals surface area contributed by atoms with Crippen molar-refractivity contribution in [2.75, 3.05) is 18.0 Å². The first-order valence-corrected chi connectivity index (χ1v) is 10.5. The standard InChI is InChI=1S/C22H23FN8O2/c1-14-9-27-29(2)20(14)19-18(23)12-26-22(28-19)30-5-3-17(4-6-30)21(32)31(33)13-16-7-15(8-24)10-25-11-16/h7,9-12,17,33H,3-6,13H2,1-2H3. The second-order valence-corrected chi connectivity index (χ2v) is 8.02. The van der Waals surface area contributed by atoms with Crippen LogP contribution in [-0.4, -0.2) is 54.0 Å². The van der Waals surface area contributed by atoms with Crippen LogP contribution >= 0.6 is 0 Å². The van der Waals surface area contributed by atoms with Gasteiger partial charge in [-0.15, -0.1) is 0 Å². The van der Waals surface area contributed by atoms with Gasteiger partial charge < -0.3 is 4.90 Å². The van der Waals surface area contributed by atoms with Gasteiger partial charge in [-0.05, 0) is 37.0 Å². The number of anilines is 1. The van der Waals surface area contributed by atoms with Gasteiger partial charge >= 0.3 is 0 Å². The van der Waals surface area contributed by atoms with Crippen LogP contribution in [0.4, 0.5) is 10.3 Å². The van der Waals surface area contributed by atoms with Gasteiger partial charge in [0.15, 0.2) is 5.82 Å². The third-order valence-electron chi connectivity index (χ3n) is 5.72. The molecule has 0 aromatic carbocycles. The second kappa shape index (κ2) is 9.30. The van der Waals surface area contributed by atoms with Gasteiger partial charge in [-0.25, -0.2) is 19.4 Å². The Labute approximate surface area is 189 Å². The number of pyridine rings is 1. The van der Waals surface area contributed by atoms with Crippen molar-refractivity contribution in [1.82, 2.24) is 29.8 Å². The van der Waals surface area contributed by atoms with E-state index in [0.717, 1.165) is 11.8 Å². The molecule has 0 spiro atoms. The van der Waals surface area contributed by atoms with E-state index >= 15 is 0 Å². The maximum atomic E-state index is 14.5. The largest absolute Gasteiger partial charge is 0.341 e. The van der Waals surface area contributed by atoms with Gasteiger partial charge in [0.05, 0.1) is 30.2 Å². The Kier molecular flexibility index (Phi) is 6.28. The second-order valence-electron chi connectivity index (χ2n) is 8.02. The Morgan fingerprint density at radius 2 is 2.06 bits per heavy atom. The zero-order valence-corrected chi connectivity index (χ0v) is 18.3. The Bertz CT molecular complexity index is 1190. The Morgan fingerprint density at radius 3 is 2.73 bits per heavy atom. The van der Waals surface area contributed by atoms with Crippen LogP contribution in [0.5, 0.6) is 0 Å². The molecule has 0 atom stereocenters. The summed E-state index contributed by atoms with van der Waals surface area (Å²) >= 11 is 0. The average molecular weight is 450 g/mol. The number of carbonyl (C=O) groups is 1. The third-order valence-corrected chi connectivity index (χ3v) is 5.72. The lowest BCUT2D eigenvalue weighted by Crippen LogP contribution is -2.42. The van der Waals surface area contributed by atoms with Crippen molar-refractivity contribution in [3.63, 3.8) is 0 Å². The highest BCUT2D eigenvalue weighted by atomic mass is 19.1. The number of aromatic nitrogens is 5. The van der Waals surface area contributed by atoms with E-state index in [4.69, 9.17) is 5.26 Å². The number of aryl methyl sites for hydroxylation is 2. The van der Waals surface area contributed by atoms with E-state index in [-0.39, 0.29) is 24.1 Å². The van der Waals surface area contributed by atoms with Crippen molar-refractivity contribution in [3.8, 4) is 17.5 Å². The molecule has 0 radical (unpaired) electrons. The van der Waals surface area contributed by atoms with Crippen LogP contribution in [0.15, 0.2) is 30.9 Å². The number of rotatable bonds is 5. The molecule has 1 N–H and O–H groups in total. The van der Waals surface area contributed by atoms with E-state index in [9.17, 15) is 14.4 Å². The molecule has 4 rings (SSSR count). The maximum Gasteiger partial charge on any atom is 0.249 e. The Hall–Kier alpha value is -3.91. The summed E-state index contributed by atoms with van der Waals surface area (Å²) < 4.78 is 16.0. The van der Waals surface area contributed by atoms with Gasteiger partial charge in [-0.1, -0.05) is 0 Å². The highest BCUT2D eigenvalue weighted by Crippen LogP contribution is 2.27. The zero-order chi connectivity index (χ0) is 23.5. The van der Waals surface area contributed by atoms with Crippen LogP contribution in [0.3, 0.4) is 0 Å². The Balaban J connectivity index is 1.41. The van der Waals surface area contributed by atoms with Gasteiger partial charge in [0, 0.05) is 38.4 Å². The lowest BCUT2D eigenvalue weighted by molar-refractivity contribution is -0.173. The summed E-state index contributed by atoms with van der Waals surface area (Å²) in [5, 5.41) is 24.1. The molecule has 33 heavy (non-hydrogen) atoms. The van der Waals surface area contributed by atoms with Crippen molar-refractivity contribution < 1.29 is 14.4 Å². The van der Waals surface area contributed by atoms with E-state index in [1.807, 2.05) is 17.9 Å². The fraction of sp³-hybridized carbons (Fsp3) is 0.364. The minimum absolute atomic E-state index is 0.0456. The van der Waals surface area contributed by atoms with E-state index in [2.05, 4.69) is 20.1 Å². The molecule has 0 unspecified atom stereocenters. The summed E-state index contributed by atoms with van der Waals surface area (Å²) in [7, 11) is 1.73. The summed E-state index contributed by atoms with van der Waals surface area (Å²) in [4.78, 5) is 27.1. The molecule has 3 aromatic rings. The van der Waals surface area contributed by atoms with E-state index in [1.165, 1.54) is 12.4 Å². The fourth-order valence-electron chi connectivity index (χ4n) is 3.99. The quantitative estimate of drug-likeness (QED) is 0.464. The maximum absolute atomic E-state index is 14.5. The molecular formula is C22H23FN8O2. The molecule has 11 heteroatoms. The number of halogens is 1. The SMILES string of the molecule is Cc1cnn(C)c1-c1nc(N2CCC(C(=O)N(O)Cc3cncc(C#N)c3)CC2)ncc1F. The predicted molar refractivity (Wildman–Crippen MR) is 115 cm³/mol. The number of amides is 1. The smallest absolute Gasteiger partial charge is 0.249 e. The lowest BCUT2D eigenvalue weighted by Gasteiger charge is -2.32. The van der Waals surface area contributed by atoms with Gasteiger partial charge in [-0.3, -0.25) is 19.7 Å². The summed E-state index contributed by atoms with van der Waals surface area (Å²) in [5.74, 6) is -0.889. The van der Waals surface area contributed by atoms with Crippen LogP contribution < -0.4 is 4.90 Å². The molecule has 3 aromatic heterocycles. The highest BCUT2D eigenvalue weighted by Gasteiger charge is 2.30. The number of carbonyl (C=O) groups excluding carboxylic acids is 1. The van der Waals surface area contributed by atoms with Crippen molar-refractivity contribution in [1.29, 1.82) is 5.26 Å². The van der Waals surface area contributed by atoms with Crippen molar-refractivity contribution >= 4 is 11.9 Å². The molecule has 0 aliphatic carbocycles.